The van der Waals surface area contributed by atoms with Crippen molar-refractivity contribution in [1.82, 2.24) is 4.98 Å². The van der Waals surface area contributed by atoms with Crippen LogP contribution in [0.3, 0.4) is 0 Å². The second kappa shape index (κ2) is 4.89. The molecule has 0 radical (unpaired) electrons. The van der Waals surface area contributed by atoms with Gasteiger partial charge in [0, 0.05) is 11.3 Å². The minimum absolute atomic E-state index is 0.241. The Morgan fingerprint density at radius 2 is 2.31 bits per heavy atom. The molecule has 4 heteroatoms. The molecule has 2 nitrogen and oxygen atoms in total. The van der Waals surface area contributed by atoms with Crippen molar-refractivity contribution in [2.24, 2.45) is 0 Å². The van der Waals surface area contributed by atoms with Crippen LogP contribution in [0.4, 0.5) is 0 Å². The van der Waals surface area contributed by atoms with Crippen LogP contribution in [0, 0.1) is 6.92 Å². The third-order valence-electron chi connectivity index (χ3n) is 2.33. The van der Waals surface area contributed by atoms with Crippen LogP contribution in [0.15, 0.2) is 17.5 Å². The van der Waals surface area contributed by atoms with Gasteiger partial charge in [-0.15, -0.1) is 22.7 Å². The molecule has 0 unspecified atom stereocenters. The number of carbonyl (C=O) groups excluding carboxylic acids is 1. The fraction of sp³-hybridized carbons (Fsp3) is 0.333. The summed E-state index contributed by atoms with van der Waals surface area (Å²) < 4.78 is 0. The van der Waals surface area contributed by atoms with E-state index >= 15 is 0 Å². The number of thiazole rings is 1. The van der Waals surface area contributed by atoms with E-state index in [1.165, 1.54) is 9.75 Å². The first kappa shape index (κ1) is 11.5. The number of aromatic nitrogens is 1. The lowest BCUT2D eigenvalue weighted by atomic mass is 10.2. The molecular weight excluding hydrogens is 238 g/mol. The van der Waals surface area contributed by atoms with E-state index in [9.17, 15) is 4.79 Å². The lowest BCUT2D eigenvalue weighted by molar-refractivity contribution is -0.116. The zero-order valence-electron chi connectivity index (χ0n) is 9.32. The predicted octanol–water partition coefficient (Wildman–Crippen LogP) is 3.70. The normalized spacial score (nSPS) is 10.6. The van der Waals surface area contributed by atoms with Gasteiger partial charge in [-0.05, 0) is 31.7 Å². The van der Waals surface area contributed by atoms with Crippen molar-refractivity contribution in [3.8, 4) is 9.88 Å². The van der Waals surface area contributed by atoms with Crippen LogP contribution in [0.25, 0.3) is 9.88 Å². The molecule has 0 aromatic carbocycles. The summed E-state index contributed by atoms with van der Waals surface area (Å²) in [5.74, 6) is 0.241. The summed E-state index contributed by atoms with van der Waals surface area (Å²) in [5, 5.41) is 3.13. The van der Waals surface area contributed by atoms with E-state index in [-0.39, 0.29) is 5.78 Å². The highest BCUT2D eigenvalue weighted by atomic mass is 32.1. The second-order valence-electron chi connectivity index (χ2n) is 3.71. The van der Waals surface area contributed by atoms with E-state index < -0.39 is 0 Å². The Hall–Kier alpha value is -1.00. The van der Waals surface area contributed by atoms with Crippen molar-refractivity contribution < 1.29 is 4.79 Å². The predicted molar refractivity (Wildman–Crippen MR) is 69.2 cm³/mol. The van der Waals surface area contributed by atoms with Crippen LogP contribution in [0.2, 0.25) is 0 Å². The Balaban J connectivity index is 2.19. The summed E-state index contributed by atoms with van der Waals surface area (Å²) in [6.45, 7) is 3.65. The molecule has 0 N–H and O–H groups in total. The Morgan fingerprint density at radius 3 is 2.94 bits per heavy atom. The van der Waals surface area contributed by atoms with Gasteiger partial charge < -0.3 is 4.79 Å². The van der Waals surface area contributed by atoms with Crippen molar-refractivity contribution in [1.29, 1.82) is 0 Å². The van der Waals surface area contributed by atoms with Gasteiger partial charge in [0.1, 0.15) is 10.8 Å². The number of hydrogen-bond donors (Lipinski definition) is 0. The highest BCUT2D eigenvalue weighted by Crippen LogP contribution is 2.31. The van der Waals surface area contributed by atoms with E-state index in [0.717, 1.165) is 17.1 Å². The van der Waals surface area contributed by atoms with Gasteiger partial charge in [-0.1, -0.05) is 6.07 Å². The summed E-state index contributed by atoms with van der Waals surface area (Å²) in [6, 6.07) is 4.11. The average Bonchev–Trinajstić information content (AvgIpc) is 2.83. The number of rotatable bonds is 4. The molecule has 2 rings (SSSR count). The zero-order valence-corrected chi connectivity index (χ0v) is 11.0. The highest BCUT2D eigenvalue weighted by molar-refractivity contribution is 7.21. The summed E-state index contributed by atoms with van der Waals surface area (Å²) in [5.41, 5.74) is 1.06. The van der Waals surface area contributed by atoms with E-state index in [2.05, 4.69) is 16.4 Å². The number of carbonyl (C=O) groups is 1. The van der Waals surface area contributed by atoms with Gasteiger partial charge >= 0.3 is 0 Å². The molecule has 0 bridgehead atoms. The maximum Gasteiger partial charge on any atom is 0.133 e. The summed E-state index contributed by atoms with van der Waals surface area (Å²) in [7, 11) is 0. The summed E-state index contributed by atoms with van der Waals surface area (Å²) >= 11 is 3.41. The fourth-order valence-electron chi connectivity index (χ4n) is 1.46. The first-order valence-corrected chi connectivity index (χ1v) is 6.86. The minimum Gasteiger partial charge on any atom is -0.300 e. The van der Waals surface area contributed by atoms with E-state index in [0.29, 0.717) is 6.42 Å². The quantitative estimate of drug-likeness (QED) is 0.829. The summed E-state index contributed by atoms with van der Waals surface area (Å²) in [4.78, 5) is 17.9. The lowest BCUT2D eigenvalue weighted by Gasteiger charge is -1.93. The van der Waals surface area contributed by atoms with Gasteiger partial charge in [-0.3, -0.25) is 0 Å². The van der Waals surface area contributed by atoms with Crippen molar-refractivity contribution in [2.75, 3.05) is 0 Å². The molecule has 0 saturated carbocycles. The molecule has 0 atom stereocenters. The Kier molecular flexibility index (Phi) is 3.51. The van der Waals surface area contributed by atoms with E-state index in [1.54, 1.807) is 29.6 Å². The van der Waals surface area contributed by atoms with E-state index in [1.807, 2.05) is 13.0 Å². The van der Waals surface area contributed by atoms with Crippen LogP contribution in [-0.2, 0) is 11.2 Å². The molecular formula is C12H13NOS2. The number of hydrogen-bond acceptors (Lipinski definition) is 4. The molecule has 2 aromatic heterocycles. The monoisotopic (exact) mass is 251 g/mol. The van der Waals surface area contributed by atoms with Gasteiger partial charge in [0.2, 0.25) is 0 Å². The zero-order chi connectivity index (χ0) is 11.5. The summed E-state index contributed by atoms with van der Waals surface area (Å²) in [6.07, 6.45) is 1.44. The van der Waals surface area contributed by atoms with Crippen LogP contribution in [0.1, 0.15) is 23.9 Å². The SMILES string of the molecule is CC(=O)CCc1sc(-c2cccs2)nc1C. The first-order valence-electron chi connectivity index (χ1n) is 5.16. The second-order valence-corrected chi connectivity index (χ2v) is 5.74. The topological polar surface area (TPSA) is 30.0 Å². The van der Waals surface area contributed by atoms with Crippen LogP contribution in [-0.4, -0.2) is 10.8 Å². The fourth-order valence-corrected chi connectivity index (χ4v) is 3.31. The Labute approximate surface area is 103 Å². The minimum atomic E-state index is 0.241. The molecule has 84 valence electrons. The maximum absolute atomic E-state index is 11.0. The van der Waals surface area contributed by atoms with Gasteiger partial charge in [-0.25, -0.2) is 4.98 Å². The number of ketones is 1. The molecule has 2 aromatic rings. The Morgan fingerprint density at radius 1 is 1.50 bits per heavy atom. The van der Waals surface area contributed by atoms with Crippen LogP contribution < -0.4 is 0 Å². The molecule has 0 saturated heterocycles. The van der Waals surface area contributed by atoms with Gasteiger partial charge in [-0.2, -0.15) is 0 Å². The van der Waals surface area contributed by atoms with Gasteiger partial charge in [0.15, 0.2) is 0 Å². The number of Topliss-reactive ketones (excluding diaryl/α,β-unsaturated/α-hetero) is 1. The Bertz CT molecular complexity index is 485. The molecule has 2 heterocycles. The molecule has 0 aliphatic rings. The first-order chi connectivity index (χ1) is 7.66. The van der Waals surface area contributed by atoms with Crippen molar-refractivity contribution in [2.45, 2.75) is 26.7 Å². The van der Waals surface area contributed by atoms with Crippen molar-refractivity contribution in [3.63, 3.8) is 0 Å². The van der Waals surface area contributed by atoms with Crippen LogP contribution >= 0.6 is 22.7 Å². The van der Waals surface area contributed by atoms with Crippen molar-refractivity contribution >= 4 is 28.5 Å². The number of aryl methyl sites for hydroxylation is 2. The number of nitrogens with zero attached hydrogens (tertiary/aromatic N) is 1. The highest BCUT2D eigenvalue weighted by Gasteiger charge is 2.10. The smallest absolute Gasteiger partial charge is 0.133 e. The van der Waals surface area contributed by atoms with Gasteiger partial charge in [0.25, 0.3) is 0 Å². The molecule has 16 heavy (non-hydrogen) atoms. The van der Waals surface area contributed by atoms with Crippen molar-refractivity contribution in [3.05, 3.63) is 28.1 Å². The molecule has 0 aliphatic carbocycles. The standard InChI is InChI=1S/C12H13NOS2/c1-8(14)5-6-10-9(2)13-12(16-10)11-4-3-7-15-11/h3-4,7H,5-6H2,1-2H3. The van der Waals surface area contributed by atoms with E-state index in [4.69, 9.17) is 0 Å². The molecule has 0 amide bonds. The molecule has 0 fully saturated rings. The maximum atomic E-state index is 11.0. The third kappa shape index (κ3) is 2.57. The average molecular weight is 251 g/mol. The van der Waals surface area contributed by atoms with Crippen LogP contribution in [0.5, 0.6) is 0 Å². The molecule has 0 spiro atoms. The van der Waals surface area contributed by atoms with Gasteiger partial charge in [0.05, 0.1) is 10.6 Å². The largest absolute Gasteiger partial charge is 0.300 e. The lowest BCUT2D eigenvalue weighted by Crippen LogP contribution is -1.93. The molecule has 0 aliphatic heterocycles. The number of thiophene rings is 1. The third-order valence-corrected chi connectivity index (χ3v) is 4.59.